The van der Waals surface area contributed by atoms with Crippen molar-refractivity contribution in [3.8, 4) is 6.01 Å². The zero-order chi connectivity index (χ0) is 11.9. The maximum Gasteiger partial charge on any atom is 0.318 e. The van der Waals surface area contributed by atoms with Crippen molar-refractivity contribution in [1.29, 1.82) is 0 Å². The van der Waals surface area contributed by atoms with Crippen LogP contribution in [0.25, 0.3) is 0 Å². The van der Waals surface area contributed by atoms with Crippen LogP contribution in [0.4, 0.5) is 0 Å². The summed E-state index contributed by atoms with van der Waals surface area (Å²) in [6, 6.07) is 10.2. The third-order valence-corrected chi connectivity index (χ3v) is 2.39. The lowest BCUT2D eigenvalue weighted by Crippen LogP contribution is -2.05. The summed E-state index contributed by atoms with van der Waals surface area (Å²) in [5.41, 5.74) is 1.10. The summed E-state index contributed by atoms with van der Waals surface area (Å²) in [7, 11) is 0. The second-order valence-electron chi connectivity index (χ2n) is 3.28. The lowest BCUT2D eigenvalue weighted by Gasteiger charge is -2.05. The first kappa shape index (κ1) is 12.0. The first-order valence-electron chi connectivity index (χ1n) is 5.06. The van der Waals surface area contributed by atoms with Crippen LogP contribution < -0.4 is 4.74 Å². The van der Waals surface area contributed by atoms with Gasteiger partial charge in [-0.25, -0.2) is 9.97 Å². The van der Waals surface area contributed by atoms with Crippen LogP contribution in [0.3, 0.4) is 0 Å². The van der Waals surface area contributed by atoms with Gasteiger partial charge in [-0.3, -0.25) is 0 Å². The lowest BCUT2D eigenvalue weighted by molar-refractivity contribution is -0.000166. The molecule has 4 nitrogen and oxygen atoms in total. The molecule has 0 bridgehead atoms. The summed E-state index contributed by atoms with van der Waals surface area (Å²) in [6.45, 7) is 0.647. The molecule has 2 aromatic rings. The zero-order valence-corrected chi connectivity index (χ0v) is 10.6. The molecule has 0 saturated carbocycles. The molecule has 0 N–H and O–H groups in total. The van der Waals surface area contributed by atoms with E-state index in [4.69, 9.17) is 9.47 Å². The largest absolute Gasteiger partial charge is 0.436 e. The minimum atomic E-state index is 0.135. The Labute approximate surface area is 108 Å². The standard InChI is InChI=1S/C12H11BrN2O2/c13-11-6-14-12(15-7-11)17-9-16-8-10-4-2-1-3-5-10/h1-7H,8-9H2. The van der Waals surface area contributed by atoms with Crippen molar-refractivity contribution in [3.05, 3.63) is 52.8 Å². The van der Waals surface area contributed by atoms with Gasteiger partial charge >= 0.3 is 6.01 Å². The summed E-state index contributed by atoms with van der Waals surface area (Å²) in [5.74, 6) is 0. The number of rotatable bonds is 5. The molecule has 17 heavy (non-hydrogen) atoms. The van der Waals surface area contributed by atoms with E-state index in [9.17, 15) is 0 Å². The van der Waals surface area contributed by atoms with Crippen molar-refractivity contribution in [2.45, 2.75) is 6.61 Å². The maximum atomic E-state index is 5.34. The van der Waals surface area contributed by atoms with Crippen LogP contribution in [-0.4, -0.2) is 16.8 Å². The summed E-state index contributed by atoms with van der Waals surface area (Å²) >= 11 is 3.25. The van der Waals surface area contributed by atoms with Gasteiger partial charge in [0.1, 0.15) is 0 Å². The average Bonchev–Trinajstić information content (AvgIpc) is 2.38. The van der Waals surface area contributed by atoms with E-state index in [2.05, 4.69) is 25.9 Å². The van der Waals surface area contributed by atoms with Gasteiger partial charge in [-0.05, 0) is 21.5 Å². The van der Waals surface area contributed by atoms with E-state index in [0.717, 1.165) is 10.0 Å². The molecule has 0 fully saturated rings. The van der Waals surface area contributed by atoms with Gasteiger partial charge in [0, 0.05) is 12.4 Å². The molecule has 2 rings (SSSR count). The predicted molar refractivity (Wildman–Crippen MR) is 66.5 cm³/mol. The fourth-order valence-corrected chi connectivity index (χ4v) is 1.41. The number of nitrogens with zero attached hydrogens (tertiary/aromatic N) is 2. The molecule has 0 aliphatic carbocycles. The number of aromatic nitrogens is 2. The van der Waals surface area contributed by atoms with Gasteiger partial charge in [0.05, 0.1) is 11.1 Å². The molecule has 88 valence electrons. The molecule has 0 saturated heterocycles. The number of halogens is 1. The van der Waals surface area contributed by atoms with Crippen molar-refractivity contribution < 1.29 is 9.47 Å². The molecule has 1 heterocycles. The van der Waals surface area contributed by atoms with Crippen LogP contribution in [0, 0.1) is 0 Å². The van der Waals surface area contributed by atoms with Crippen LogP contribution in [0.5, 0.6) is 6.01 Å². The quantitative estimate of drug-likeness (QED) is 0.628. The lowest BCUT2D eigenvalue weighted by atomic mass is 10.2. The monoisotopic (exact) mass is 294 g/mol. The highest BCUT2D eigenvalue weighted by atomic mass is 79.9. The third-order valence-electron chi connectivity index (χ3n) is 1.98. The molecular formula is C12H11BrN2O2. The summed E-state index contributed by atoms with van der Waals surface area (Å²) < 4.78 is 11.4. The van der Waals surface area contributed by atoms with Gasteiger partial charge in [0.25, 0.3) is 0 Å². The Morgan fingerprint density at radius 1 is 1.06 bits per heavy atom. The Hall–Kier alpha value is -1.46. The molecule has 1 aromatic heterocycles. The second-order valence-corrected chi connectivity index (χ2v) is 4.20. The molecule has 0 amide bonds. The molecule has 0 unspecified atom stereocenters. The van der Waals surface area contributed by atoms with Crippen molar-refractivity contribution in [1.82, 2.24) is 9.97 Å². The Bertz CT molecular complexity index is 448. The molecule has 1 aromatic carbocycles. The van der Waals surface area contributed by atoms with E-state index in [0.29, 0.717) is 12.6 Å². The molecule has 0 radical (unpaired) electrons. The molecule has 0 aliphatic rings. The SMILES string of the molecule is Brc1cnc(OCOCc2ccccc2)nc1. The fourth-order valence-electron chi connectivity index (χ4n) is 1.20. The number of hydrogen-bond donors (Lipinski definition) is 0. The van der Waals surface area contributed by atoms with Crippen LogP contribution in [0.1, 0.15) is 5.56 Å². The second kappa shape index (κ2) is 6.32. The van der Waals surface area contributed by atoms with Gasteiger partial charge in [0.15, 0.2) is 6.79 Å². The fraction of sp³-hybridized carbons (Fsp3) is 0.167. The van der Waals surface area contributed by atoms with Gasteiger partial charge < -0.3 is 9.47 Å². The number of hydrogen-bond acceptors (Lipinski definition) is 4. The average molecular weight is 295 g/mol. The first-order chi connectivity index (χ1) is 8.34. The Kier molecular flexibility index (Phi) is 4.46. The Morgan fingerprint density at radius 2 is 1.76 bits per heavy atom. The van der Waals surface area contributed by atoms with E-state index in [1.165, 1.54) is 0 Å². The van der Waals surface area contributed by atoms with Gasteiger partial charge in [-0.2, -0.15) is 0 Å². The van der Waals surface area contributed by atoms with Gasteiger partial charge in [0.2, 0.25) is 0 Å². The van der Waals surface area contributed by atoms with Crippen LogP contribution in [0.2, 0.25) is 0 Å². The summed E-state index contributed by atoms with van der Waals surface area (Å²) in [6.07, 6.45) is 3.25. The van der Waals surface area contributed by atoms with Gasteiger partial charge in [-0.1, -0.05) is 30.3 Å². The number of ether oxygens (including phenoxy) is 2. The number of benzene rings is 1. The van der Waals surface area contributed by atoms with E-state index in [1.807, 2.05) is 30.3 Å². The van der Waals surface area contributed by atoms with Crippen molar-refractivity contribution in [3.63, 3.8) is 0 Å². The summed E-state index contributed by atoms with van der Waals surface area (Å²) in [5, 5.41) is 0. The van der Waals surface area contributed by atoms with E-state index < -0.39 is 0 Å². The highest BCUT2D eigenvalue weighted by molar-refractivity contribution is 9.10. The van der Waals surface area contributed by atoms with E-state index in [1.54, 1.807) is 12.4 Å². The van der Waals surface area contributed by atoms with Crippen molar-refractivity contribution in [2.75, 3.05) is 6.79 Å². The Balaban J connectivity index is 1.71. The normalized spacial score (nSPS) is 10.2. The first-order valence-corrected chi connectivity index (χ1v) is 5.86. The van der Waals surface area contributed by atoms with Crippen LogP contribution in [0.15, 0.2) is 47.2 Å². The van der Waals surface area contributed by atoms with Gasteiger partial charge in [-0.15, -0.1) is 0 Å². The molecular weight excluding hydrogens is 284 g/mol. The molecule has 0 atom stereocenters. The highest BCUT2D eigenvalue weighted by Crippen LogP contribution is 2.08. The molecule has 0 aliphatic heterocycles. The highest BCUT2D eigenvalue weighted by Gasteiger charge is 1.97. The van der Waals surface area contributed by atoms with E-state index >= 15 is 0 Å². The van der Waals surface area contributed by atoms with Crippen LogP contribution in [-0.2, 0) is 11.3 Å². The minimum absolute atomic E-state index is 0.135. The summed E-state index contributed by atoms with van der Waals surface area (Å²) in [4.78, 5) is 7.93. The zero-order valence-electron chi connectivity index (χ0n) is 9.04. The van der Waals surface area contributed by atoms with E-state index in [-0.39, 0.29) is 6.79 Å². The molecule has 0 spiro atoms. The van der Waals surface area contributed by atoms with Crippen molar-refractivity contribution in [2.24, 2.45) is 0 Å². The maximum absolute atomic E-state index is 5.34. The third kappa shape index (κ3) is 4.13. The van der Waals surface area contributed by atoms with Crippen molar-refractivity contribution >= 4 is 15.9 Å². The smallest absolute Gasteiger partial charge is 0.318 e. The topological polar surface area (TPSA) is 44.2 Å². The van der Waals surface area contributed by atoms with Crippen LogP contribution >= 0.6 is 15.9 Å². The minimum Gasteiger partial charge on any atom is -0.436 e. The predicted octanol–water partition coefficient (Wildman–Crippen LogP) is 2.79. The molecule has 5 heteroatoms. The Morgan fingerprint density at radius 3 is 2.47 bits per heavy atom.